The SMILES string of the molecule is O=C(Cc1ccc2c(c1)OCO2)NC(c1ccccc1)C1CC(O)C1. The Labute approximate surface area is 146 Å². The van der Waals surface area contributed by atoms with Crippen LogP contribution in [0.15, 0.2) is 48.5 Å². The van der Waals surface area contributed by atoms with Crippen LogP contribution in [0, 0.1) is 5.92 Å². The molecule has 5 nitrogen and oxygen atoms in total. The van der Waals surface area contributed by atoms with E-state index in [-0.39, 0.29) is 37.2 Å². The van der Waals surface area contributed by atoms with Crippen molar-refractivity contribution in [2.24, 2.45) is 5.92 Å². The van der Waals surface area contributed by atoms with Gasteiger partial charge in [-0.25, -0.2) is 0 Å². The highest BCUT2D eigenvalue weighted by Gasteiger charge is 2.35. The molecule has 25 heavy (non-hydrogen) atoms. The maximum Gasteiger partial charge on any atom is 0.231 e. The summed E-state index contributed by atoms with van der Waals surface area (Å²) >= 11 is 0. The van der Waals surface area contributed by atoms with Crippen LogP contribution in [0.4, 0.5) is 0 Å². The van der Waals surface area contributed by atoms with Gasteiger partial charge in [-0.3, -0.25) is 4.79 Å². The molecule has 130 valence electrons. The summed E-state index contributed by atoms with van der Waals surface area (Å²) in [6.07, 6.45) is 1.49. The van der Waals surface area contributed by atoms with Crippen LogP contribution >= 0.6 is 0 Å². The van der Waals surface area contributed by atoms with Gasteiger partial charge in [0, 0.05) is 0 Å². The summed E-state index contributed by atoms with van der Waals surface area (Å²) < 4.78 is 10.7. The quantitative estimate of drug-likeness (QED) is 0.879. The molecule has 1 fully saturated rings. The van der Waals surface area contributed by atoms with E-state index in [9.17, 15) is 9.90 Å². The molecule has 1 unspecified atom stereocenters. The van der Waals surface area contributed by atoms with Crippen LogP contribution in [0.5, 0.6) is 11.5 Å². The molecule has 2 aromatic carbocycles. The van der Waals surface area contributed by atoms with E-state index in [0.717, 1.165) is 29.7 Å². The molecule has 5 heteroatoms. The number of carbonyl (C=O) groups is 1. The molecule has 1 saturated carbocycles. The van der Waals surface area contributed by atoms with E-state index < -0.39 is 0 Å². The van der Waals surface area contributed by atoms with Gasteiger partial charge >= 0.3 is 0 Å². The summed E-state index contributed by atoms with van der Waals surface area (Å²) in [5, 5.41) is 12.8. The first-order valence-corrected chi connectivity index (χ1v) is 8.60. The van der Waals surface area contributed by atoms with E-state index >= 15 is 0 Å². The van der Waals surface area contributed by atoms with Crippen LogP contribution in [0.3, 0.4) is 0 Å². The Hall–Kier alpha value is -2.53. The first-order valence-electron chi connectivity index (χ1n) is 8.60. The maximum absolute atomic E-state index is 12.6. The molecule has 1 heterocycles. The molecule has 2 aliphatic rings. The zero-order valence-electron chi connectivity index (χ0n) is 13.9. The minimum Gasteiger partial charge on any atom is -0.454 e. The lowest BCUT2D eigenvalue weighted by molar-refractivity contribution is -0.122. The average Bonchev–Trinajstić information content (AvgIpc) is 3.06. The van der Waals surface area contributed by atoms with Crippen LogP contribution < -0.4 is 14.8 Å². The summed E-state index contributed by atoms with van der Waals surface area (Å²) in [5.74, 6) is 1.65. The number of rotatable bonds is 5. The average molecular weight is 339 g/mol. The zero-order chi connectivity index (χ0) is 17.2. The van der Waals surface area contributed by atoms with Crippen LogP contribution in [0.1, 0.15) is 30.0 Å². The van der Waals surface area contributed by atoms with Gasteiger partial charge < -0.3 is 19.9 Å². The molecule has 0 aromatic heterocycles. The first-order chi connectivity index (χ1) is 12.2. The van der Waals surface area contributed by atoms with Crippen molar-refractivity contribution < 1.29 is 19.4 Å². The van der Waals surface area contributed by atoms with Gasteiger partial charge in [-0.15, -0.1) is 0 Å². The fourth-order valence-electron chi connectivity index (χ4n) is 3.50. The number of hydrogen-bond acceptors (Lipinski definition) is 4. The van der Waals surface area contributed by atoms with E-state index in [4.69, 9.17) is 9.47 Å². The van der Waals surface area contributed by atoms with Gasteiger partial charge in [0.2, 0.25) is 12.7 Å². The number of aliphatic hydroxyl groups excluding tert-OH is 1. The Morgan fingerprint density at radius 1 is 1.12 bits per heavy atom. The first kappa shape index (κ1) is 16.0. The van der Waals surface area contributed by atoms with E-state index in [1.165, 1.54) is 0 Å². The summed E-state index contributed by atoms with van der Waals surface area (Å²) in [4.78, 5) is 12.6. The van der Waals surface area contributed by atoms with E-state index in [0.29, 0.717) is 5.75 Å². The number of benzene rings is 2. The molecule has 1 amide bonds. The molecule has 4 rings (SSSR count). The Bertz CT molecular complexity index is 756. The minimum atomic E-state index is -0.248. The van der Waals surface area contributed by atoms with Crippen molar-refractivity contribution in [3.8, 4) is 11.5 Å². The molecular formula is C20H21NO4. The lowest BCUT2D eigenvalue weighted by Gasteiger charge is -2.38. The lowest BCUT2D eigenvalue weighted by Crippen LogP contribution is -2.41. The molecular weight excluding hydrogens is 318 g/mol. The lowest BCUT2D eigenvalue weighted by atomic mass is 9.75. The van der Waals surface area contributed by atoms with Crippen molar-refractivity contribution in [2.75, 3.05) is 6.79 Å². The number of nitrogens with one attached hydrogen (secondary N) is 1. The van der Waals surface area contributed by atoms with Crippen molar-refractivity contribution in [3.05, 3.63) is 59.7 Å². The third-order valence-corrected chi connectivity index (χ3v) is 4.90. The molecule has 2 aromatic rings. The van der Waals surface area contributed by atoms with E-state index in [1.54, 1.807) is 0 Å². The Morgan fingerprint density at radius 3 is 2.64 bits per heavy atom. The van der Waals surface area contributed by atoms with Gasteiger partial charge in [0.15, 0.2) is 11.5 Å². The van der Waals surface area contributed by atoms with Crippen molar-refractivity contribution in [1.82, 2.24) is 5.32 Å². The van der Waals surface area contributed by atoms with Gasteiger partial charge in [-0.1, -0.05) is 36.4 Å². The predicted molar refractivity (Wildman–Crippen MR) is 92.3 cm³/mol. The van der Waals surface area contributed by atoms with Crippen LogP contribution in [-0.2, 0) is 11.2 Å². The number of carbonyl (C=O) groups excluding carboxylic acids is 1. The third-order valence-electron chi connectivity index (χ3n) is 4.90. The summed E-state index contributed by atoms with van der Waals surface area (Å²) in [7, 11) is 0. The Morgan fingerprint density at radius 2 is 1.88 bits per heavy atom. The molecule has 0 saturated heterocycles. The van der Waals surface area contributed by atoms with Crippen molar-refractivity contribution in [3.63, 3.8) is 0 Å². The second kappa shape index (κ2) is 6.76. The van der Waals surface area contributed by atoms with Crippen LogP contribution in [-0.4, -0.2) is 23.9 Å². The van der Waals surface area contributed by atoms with Crippen molar-refractivity contribution in [2.45, 2.75) is 31.4 Å². The predicted octanol–water partition coefficient (Wildman–Crippen LogP) is 2.59. The topological polar surface area (TPSA) is 67.8 Å². The van der Waals surface area contributed by atoms with E-state index in [2.05, 4.69) is 5.32 Å². The smallest absolute Gasteiger partial charge is 0.231 e. The van der Waals surface area contributed by atoms with Crippen LogP contribution in [0.25, 0.3) is 0 Å². The highest BCUT2D eigenvalue weighted by Crippen LogP contribution is 2.38. The zero-order valence-corrected chi connectivity index (χ0v) is 13.9. The molecule has 0 radical (unpaired) electrons. The monoisotopic (exact) mass is 339 g/mol. The highest BCUT2D eigenvalue weighted by atomic mass is 16.7. The highest BCUT2D eigenvalue weighted by molar-refractivity contribution is 5.79. The normalized spacial score (nSPS) is 22.1. The largest absolute Gasteiger partial charge is 0.454 e. The molecule has 0 bridgehead atoms. The Kier molecular flexibility index (Phi) is 4.32. The molecule has 1 aliphatic carbocycles. The second-order valence-electron chi connectivity index (χ2n) is 6.71. The van der Waals surface area contributed by atoms with Gasteiger partial charge in [-0.05, 0) is 42.0 Å². The second-order valence-corrected chi connectivity index (χ2v) is 6.71. The summed E-state index contributed by atoms with van der Waals surface area (Å²) in [6, 6.07) is 15.5. The number of amides is 1. The summed E-state index contributed by atoms with van der Waals surface area (Å²) in [5.41, 5.74) is 1.97. The number of hydrogen-bond donors (Lipinski definition) is 2. The third kappa shape index (κ3) is 3.46. The number of aliphatic hydroxyl groups is 1. The van der Waals surface area contributed by atoms with Gasteiger partial charge in [-0.2, -0.15) is 0 Å². The molecule has 1 atom stereocenters. The fraction of sp³-hybridized carbons (Fsp3) is 0.350. The number of ether oxygens (including phenoxy) is 2. The van der Waals surface area contributed by atoms with Crippen molar-refractivity contribution in [1.29, 1.82) is 0 Å². The van der Waals surface area contributed by atoms with Gasteiger partial charge in [0.25, 0.3) is 0 Å². The van der Waals surface area contributed by atoms with Crippen molar-refractivity contribution >= 4 is 5.91 Å². The maximum atomic E-state index is 12.6. The standard InChI is InChI=1S/C20H21NO4/c22-16-10-15(11-16)20(14-4-2-1-3-5-14)21-19(23)9-13-6-7-17-18(8-13)25-12-24-17/h1-8,15-16,20,22H,9-12H2,(H,21,23). The molecule has 1 aliphatic heterocycles. The number of fused-ring (bicyclic) bond motifs is 1. The molecule has 2 N–H and O–H groups in total. The fourth-order valence-corrected chi connectivity index (χ4v) is 3.50. The Balaban J connectivity index is 1.45. The van der Waals surface area contributed by atoms with Gasteiger partial charge in [0.05, 0.1) is 18.6 Å². The minimum absolute atomic E-state index is 0.0332. The van der Waals surface area contributed by atoms with Crippen LogP contribution in [0.2, 0.25) is 0 Å². The van der Waals surface area contributed by atoms with E-state index in [1.807, 2.05) is 48.5 Å². The molecule has 0 spiro atoms. The van der Waals surface area contributed by atoms with Gasteiger partial charge in [0.1, 0.15) is 0 Å². The summed E-state index contributed by atoms with van der Waals surface area (Å²) in [6.45, 7) is 0.227.